The number of aromatic nitrogens is 4. The van der Waals surface area contributed by atoms with Crippen LogP contribution in [0, 0.1) is 0 Å². The molecule has 0 aliphatic carbocycles. The standard InChI is InChI=1S/C24H14Cl2N4O/c25-18-9-7-15(8-10-18)22-17(14-31)13-30(29-22)24-20(19-5-1-2-6-21(19)26)12-16-4-3-11-27-23(16)28-24/h1-14H. The van der Waals surface area contributed by atoms with Crippen LogP contribution in [0.1, 0.15) is 10.4 Å². The van der Waals surface area contributed by atoms with E-state index in [1.54, 1.807) is 29.2 Å². The van der Waals surface area contributed by atoms with E-state index in [4.69, 9.17) is 28.2 Å². The highest BCUT2D eigenvalue weighted by molar-refractivity contribution is 6.33. The fraction of sp³-hybridized carbons (Fsp3) is 0. The van der Waals surface area contributed by atoms with Gasteiger partial charge in [0.2, 0.25) is 0 Å². The lowest BCUT2D eigenvalue weighted by Gasteiger charge is -2.12. The van der Waals surface area contributed by atoms with Gasteiger partial charge in [-0.25, -0.2) is 14.6 Å². The van der Waals surface area contributed by atoms with Gasteiger partial charge in [-0.1, -0.05) is 53.5 Å². The third-order valence-corrected chi connectivity index (χ3v) is 5.52. The molecule has 0 fully saturated rings. The van der Waals surface area contributed by atoms with Crippen molar-refractivity contribution in [2.45, 2.75) is 0 Å². The molecular formula is C24H14Cl2N4O. The second kappa shape index (κ2) is 7.95. The van der Waals surface area contributed by atoms with E-state index in [1.165, 1.54) is 0 Å². The predicted molar refractivity (Wildman–Crippen MR) is 123 cm³/mol. The average Bonchev–Trinajstić information content (AvgIpc) is 3.23. The number of nitrogens with zero attached hydrogens (tertiary/aromatic N) is 4. The van der Waals surface area contributed by atoms with E-state index in [2.05, 4.69) is 10.1 Å². The molecule has 2 aromatic carbocycles. The van der Waals surface area contributed by atoms with Crippen molar-refractivity contribution in [3.05, 3.63) is 94.7 Å². The predicted octanol–water partition coefficient (Wildman–Crippen LogP) is 6.27. The van der Waals surface area contributed by atoms with Crippen LogP contribution in [0.25, 0.3) is 39.2 Å². The van der Waals surface area contributed by atoms with Gasteiger partial charge in [0, 0.05) is 44.5 Å². The summed E-state index contributed by atoms with van der Waals surface area (Å²) in [6.45, 7) is 0. The molecule has 0 aliphatic heterocycles. The summed E-state index contributed by atoms with van der Waals surface area (Å²) in [4.78, 5) is 20.9. The third-order valence-electron chi connectivity index (χ3n) is 4.94. The Morgan fingerprint density at radius 2 is 1.71 bits per heavy atom. The monoisotopic (exact) mass is 444 g/mol. The Balaban J connectivity index is 1.77. The van der Waals surface area contributed by atoms with Crippen molar-refractivity contribution in [1.29, 1.82) is 0 Å². The molecular weight excluding hydrogens is 431 g/mol. The third kappa shape index (κ3) is 3.58. The summed E-state index contributed by atoms with van der Waals surface area (Å²) in [6, 6.07) is 20.5. The molecule has 0 saturated carbocycles. The average molecular weight is 445 g/mol. The van der Waals surface area contributed by atoms with Gasteiger partial charge >= 0.3 is 0 Å². The van der Waals surface area contributed by atoms with Gasteiger partial charge < -0.3 is 0 Å². The Bertz CT molecular complexity index is 1430. The molecule has 5 rings (SSSR count). The Labute approximate surface area is 187 Å². The molecule has 0 unspecified atom stereocenters. The molecule has 0 spiro atoms. The zero-order valence-electron chi connectivity index (χ0n) is 16.0. The van der Waals surface area contributed by atoms with Crippen LogP contribution in [-0.4, -0.2) is 26.0 Å². The molecule has 0 N–H and O–H groups in total. The first-order chi connectivity index (χ1) is 15.1. The normalized spacial score (nSPS) is 11.0. The maximum atomic E-state index is 11.8. The zero-order valence-corrected chi connectivity index (χ0v) is 17.5. The maximum absolute atomic E-state index is 11.8. The molecule has 5 nitrogen and oxygen atoms in total. The molecule has 7 heteroatoms. The Morgan fingerprint density at radius 1 is 0.903 bits per heavy atom. The Hall–Kier alpha value is -3.54. The summed E-state index contributed by atoms with van der Waals surface area (Å²) >= 11 is 12.5. The minimum atomic E-state index is 0.440. The fourth-order valence-corrected chi connectivity index (χ4v) is 3.83. The summed E-state index contributed by atoms with van der Waals surface area (Å²) in [5, 5.41) is 6.76. The van der Waals surface area contributed by atoms with Gasteiger partial charge in [0.25, 0.3) is 0 Å². The minimum Gasteiger partial charge on any atom is -0.298 e. The first-order valence-electron chi connectivity index (χ1n) is 9.46. The van der Waals surface area contributed by atoms with Crippen LogP contribution in [0.3, 0.4) is 0 Å². The van der Waals surface area contributed by atoms with Crippen molar-refractivity contribution < 1.29 is 4.79 Å². The van der Waals surface area contributed by atoms with Gasteiger partial charge in [-0.15, -0.1) is 0 Å². The molecule has 0 bridgehead atoms. The van der Waals surface area contributed by atoms with E-state index in [-0.39, 0.29) is 0 Å². The number of hydrogen-bond acceptors (Lipinski definition) is 4. The highest BCUT2D eigenvalue weighted by atomic mass is 35.5. The number of halogens is 2. The number of benzene rings is 2. The van der Waals surface area contributed by atoms with Gasteiger partial charge in [-0.2, -0.15) is 5.10 Å². The minimum absolute atomic E-state index is 0.440. The molecule has 3 aromatic heterocycles. The summed E-state index contributed by atoms with van der Waals surface area (Å²) < 4.78 is 1.60. The summed E-state index contributed by atoms with van der Waals surface area (Å²) in [5.74, 6) is 0.530. The second-order valence-corrected chi connectivity index (χ2v) is 7.74. The van der Waals surface area contributed by atoms with Gasteiger partial charge in [0.15, 0.2) is 17.8 Å². The summed E-state index contributed by atoms with van der Waals surface area (Å²) in [6.07, 6.45) is 4.13. The quantitative estimate of drug-likeness (QED) is 0.306. The molecule has 5 aromatic rings. The van der Waals surface area contributed by atoms with Crippen molar-refractivity contribution in [2.24, 2.45) is 0 Å². The molecule has 0 saturated heterocycles. The van der Waals surface area contributed by atoms with E-state index in [0.29, 0.717) is 32.8 Å². The molecule has 0 radical (unpaired) electrons. The number of pyridine rings is 2. The molecule has 150 valence electrons. The smallest absolute Gasteiger partial charge is 0.163 e. The number of hydrogen-bond donors (Lipinski definition) is 0. The van der Waals surface area contributed by atoms with Crippen LogP contribution in [0.4, 0.5) is 0 Å². The van der Waals surface area contributed by atoms with Gasteiger partial charge in [-0.05, 0) is 36.4 Å². The van der Waals surface area contributed by atoms with Crippen LogP contribution in [0.2, 0.25) is 10.0 Å². The number of fused-ring (bicyclic) bond motifs is 1. The van der Waals surface area contributed by atoms with Gasteiger partial charge in [-0.3, -0.25) is 4.79 Å². The number of carbonyl (C=O) groups excluding carboxylic acids is 1. The van der Waals surface area contributed by atoms with Gasteiger partial charge in [0.1, 0.15) is 5.69 Å². The van der Waals surface area contributed by atoms with Crippen LogP contribution in [-0.2, 0) is 0 Å². The largest absolute Gasteiger partial charge is 0.298 e. The molecule has 0 amide bonds. The van der Waals surface area contributed by atoms with Crippen molar-refractivity contribution in [2.75, 3.05) is 0 Å². The van der Waals surface area contributed by atoms with Crippen molar-refractivity contribution in [3.63, 3.8) is 0 Å². The number of rotatable bonds is 4. The fourth-order valence-electron chi connectivity index (χ4n) is 3.46. The number of carbonyl (C=O) groups is 1. The van der Waals surface area contributed by atoms with E-state index in [0.717, 1.165) is 28.4 Å². The van der Waals surface area contributed by atoms with Crippen LogP contribution in [0.5, 0.6) is 0 Å². The Kier molecular flexibility index (Phi) is 4.98. The summed E-state index contributed by atoms with van der Waals surface area (Å²) in [5.41, 5.74) is 3.94. The second-order valence-electron chi connectivity index (χ2n) is 6.89. The van der Waals surface area contributed by atoms with Crippen LogP contribution >= 0.6 is 23.2 Å². The van der Waals surface area contributed by atoms with Crippen molar-refractivity contribution >= 4 is 40.5 Å². The first kappa shape index (κ1) is 19.4. The number of aldehydes is 1. The zero-order chi connectivity index (χ0) is 21.4. The van der Waals surface area contributed by atoms with Crippen molar-refractivity contribution in [1.82, 2.24) is 19.7 Å². The summed E-state index contributed by atoms with van der Waals surface area (Å²) in [7, 11) is 0. The molecule has 3 heterocycles. The van der Waals surface area contributed by atoms with Gasteiger partial charge in [0.05, 0.1) is 5.56 Å². The lowest BCUT2D eigenvalue weighted by atomic mass is 10.0. The highest BCUT2D eigenvalue weighted by Crippen LogP contribution is 2.34. The Morgan fingerprint density at radius 3 is 2.48 bits per heavy atom. The lowest BCUT2D eigenvalue weighted by Crippen LogP contribution is -2.03. The van der Waals surface area contributed by atoms with E-state index in [9.17, 15) is 4.79 Å². The lowest BCUT2D eigenvalue weighted by molar-refractivity contribution is 0.112. The molecule has 0 aliphatic rings. The SMILES string of the molecule is O=Cc1cn(-c2nc3ncccc3cc2-c2ccccc2Cl)nc1-c1ccc(Cl)cc1. The van der Waals surface area contributed by atoms with E-state index >= 15 is 0 Å². The maximum Gasteiger partial charge on any atom is 0.163 e. The van der Waals surface area contributed by atoms with Crippen LogP contribution in [0.15, 0.2) is 79.1 Å². The highest BCUT2D eigenvalue weighted by Gasteiger charge is 2.18. The van der Waals surface area contributed by atoms with E-state index in [1.807, 2.05) is 54.6 Å². The van der Waals surface area contributed by atoms with Crippen LogP contribution < -0.4 is 0 Å². The topological polar surface area (TPSA) is 60.7 Å². The molecule has 31 heavy (non-hydrogen) atoms. The van der Waals surface area contributed by atoms with E-state index < -0.39 is 0 Å². The first-order valence-corrected chi connectivity index (χ1v) is 10.2. The van der Waals surface area contributed by atoms with Crippen molar-refractivity contribution in [3.8, 4) is 28.2 Å². The molecule has 0 atom stereocenters.